The average Bonchev–Trinajstić information content (AvgIpc) is 2.41. The largest absolute Gasteiger partial charge is 0.467 e. The van der Waals surface area contributed by atoms with Crippen LogP contribution in [0.2, 0.25) is 0 Å². The standard InChI is InChI=1S/C15H19F3N2O4/c1-13(2)6-8(21)10-9(7-13)24-12(20(3)4)19-14(10,11(22)23-5)15(16,17)18/h6-7H2,1-5H3/t14-/m1/s1. The highest BCUT2D eigenvalue weighted by molar-refractivity contribution is 6.09. The Balaban J connectivity index is 2.80. The van der Waals surface area contributed by atoms with Gasteiger partial charge in [0.15, 0.2) is 5.78 Å². The SMILES string of the molecule is COC(=O)[C@]1(C(F)(F)F)N=C(N(C)C)OC2=C1C(=O)CC(C)(C)C2. The molecule has 0 bridgehead atoms. The summed E-state index contributed by atoms with van der Waals surface area (Å²) in [6, 6.07) is -0.401. The van der Waals surface area contributed by atoms with Crippen LogP contribution in [0.3, 0.4) is 0 Å². The van der Waals surface area contributed by atoms with Crippen molar-refractivity contribution in [3.63, 3.8) is 0 Å². The van der Waals surface area contributed by atoms with E-state index in [0.717, 1.165) is 7.11 Å². The van der Waals surface area contributed by atoms with Crippen LogP contribution in [0.25, 0.3) is 0 Å². The van der Waals surface area contributed by atoms with Crippen LogP contribution in [-0.4, -0.2) is 55.6 Å². The van der Waals surface area contributed by atoms with Crippen LogP contribution in [0.15, 0.2) is 16.3 Å². The lowest BCUT2D eigenvalue weighted by molar-refractivity contribution is -0.198. The smallest absolute Gasteiger partial charge is 0.429 e. The molecule has 0 unspecified atom stereocenters. The third kappa shape index (κ3) is 2.65. The summed E-state index contributed by atoms with van der Waals surface area (Å²) in [7, 11) is 3.69. The molecule has 0 spiro atoms. The quantitative estimate of drug-likeness (QED) is 0.679. The molecular weight excluding hydrogens is 329 g/mol. The predicted octanol–water partition coefficient (Wildman–Crippen LogP) is 2.05. The zero-order valence-corrected chi connectivity index (χ0v) is 14.1. The van der Waals surface area contributed by atoms with Gasteiger partial charge in [0.1, 0.15) is 5.76 Å². The molecule has 0 saturated heterocycles. The van der Waals surface area contributed by atoms with Gasteiger partial charge in [-0.05, 0) is 5.41 Å². The number of alkyl halides is 3. The lowest BCUT2D eigenvalue weighted by Gasteiger charge is -2.41. The molecule has 2 rings (SSSR count). The molecule has 2 aliphatic rings. The lowest BCUT2D eigenvalue weighted by atomic mass is 9.71. The second kappa shape index (κ2) is 5.49. The van der Waals surface area contributed by atoms with Crippen molar-refractivity contribution in [2.24, 2.45) is 10.4 Å². The summed E-state index contributed by atoms with van der Waals surface area (Å²) in [6.45, 7) is 3.49. The maximum atomic E-state index is 13.9. The van der Waals surface area contributed by atoms with Crippen LogP contribution < -0.4 is 0 Å². The molecule has 9 heteroatoms. The zero-order valence-electron chi connectivity index (χ0n) is 14.1. The van der Waals surface area contributed by atoms with Gasteiger partial charge >= 0.3 is 12.1 Å². The minimum atomic E-state index is -5.15. The Morgan fingerprint density at radius 2 is 1.88 bits per heavy atom. The number of amidine groups is 1. The van der Waals surface area contributed by atoms with Gasteiger partial charge in [-0.15, -0.1) is 0 Å². The lowest BCUT2D eigenvalue weighted by Crippen LogP contribution is -2.59. The minimum Gasteiger partial charge on any atom is -0.467 e. The maximum absolute atomic E-state index is 13.9. The molecule has 0 amide bonds. The minimum absolute atomic E-state index is 0.0791. The van der Waals surface area contributed by atoms with Crippen LogP contribution in [0.1, 0.15) is 26.7 Å². The molecule has 134 valence electrons. The van der Waals surface area contributed by atoms with E-state index < -0.39 is 40.5 Å². The first-order valence-corrected chi connectivity index (χ1v) is 7.23. The molecule has 0 aromatic carbocycles. The first-order chi connectivity index (χ1) is 10.9. The second-order valence-corrected chi connectivity index (χ2v) is 6.83. The number of halogens is 3. The van der Waals surface area contributed by atoms with E-state index >= 15 is 0 Å². The zero-order chi connectivity index (χ0) is 18.5. The Morgan fingerprint density at radius 1 is 1.29 bits per heavy atom. The average molecular weight is 348 g/mol. The topological polar surface area (TPSA) is 68.2 Å². The van der Waals surface area contributed by atoms with Crippen LogP contribution in [0, 0.1) is 5.41 Å². The van der Waals surface area contributed by atoms with Gasteiger partial charge in [0.05, 0.1) is 12.7 Å². The highest BCUT2D eigenvalue weighted by Crippen LogP contribution is 2.50. The number of hydrogen-bond donors (Lipinski definition) is 0. The van der Waals surface area contributed by atoms with Crippen molar-refractivity contribution in [3.8, 4) is 0 Å². The van der Waals surface area contributed by atoms with Gasteiger partial charge < -0.3 is 14.4 Å². The van der Waals surface area contributed by atoms with Gasteiger partial charge in [-0.25, -0.2) is 9.79 Å². The van der Waals surface area contributed by atoms with Crippen molar-refractivity contribution in [1.29, 1.82) is 0 Å². The van der Waals surface area contributed by atoms with Crippen molar-refractivity contribution in [2.75, 3.05) is 21.2 Å². The van der Waals surface area contributed by atoms with Gasteiger partial charge in [0, 0.05) is 26.9 Å². The second-order valence-electron chi connectivity index (χ2n) is 6.83. The fourth-order valence-corrected chi connectivity index (χ4v) is 2.89. The Morgan fingerprint density at radius 3 is 2.33 bits per heavy atom. The molecule has 1 aliphatic heterocycles. The number of hydrogen-bond acceptors (Lipinski definition) is 6. The van der Waals surface area contributed by atoms with Crippen molar-refractivity contribution >= 4 is 17.8 Å². The number of methoxy groups -OCH3 is 1. The molecule has 0 fully saturated rings. The van der Waals surface area contributed by atoms with Crippen molar-refractivity contribution < 1.29 is 32.2 Å². The Labute approximate surface area is 137 Å². The number of ketones is 1. The van der Waals surface area contributed by atoms with E-state index in [9.17, 15) is 22.8 Å². The highest BCUT2D eigenvalue weighted by Gasteiger charge is 2.69. The molecule has 1 atom stereocenters. The summed E-state index contributed by atoms with van der Waals surface area (Å²) in [5, 5.41) is 0. The van der Waals surface area contributed by atoms with Gasteiger partial charge in [0.2, 0.25) is 0 Å². The monoisotopic (exact) mass is 348 g/mol. The van der Waals surface area contributed by atoms with Crippen LogP contribution in [0.5, 0.6) is 0 Å². The highest BCUT2D eigenvalue weighted by atomic mass is 19.4. The molecule has 1 heterocycles. The number of nitrogens with zero attached hydrogens (tertiary/aromatic N) is 2. The van der Waals surface area contributed by atoms with Crippen molar-refractivity contribution in [3.05, 3.63) is 11.3 Å². The summed E-state index contributed by atoms with van der Waals surface area (Å²) in [5.74, 6) is -2.65. The molecule has 6 nitrogen and oxygen atoms in total. The van der Waals surface area contributed by atoms with E-state index in [1.165, 1.54) is 19.0 Å². The van der Waals surface area contributed by atoms with Gasteiger partial charge in [-0.2, -0.15) is 13.2 Å². The van der Waals surface area contributed by atoms with Gasteiger partial charge in [0.25, 0.3) is 11.6 Å². The molecule has 0 radical (unpaired) electrons. The molecule has 0 saturated carbocycles. The van der Waals surface area contributed by atoms with Crippen LogP contribution in [0.4, 0.5) is 13.2 Å². The van der Waals surface area contributed by atoms with Crippen LogP contribution >= 0.6 is 0 Å². The first kappa shape index (κ1) is 18.3. The first-order valence-electron chi connectivity index (χ1n) is 7.23. The number of rotatable bonds is 1. The number of ether oxygens (including phenoxy) is 2. The van der Waals surface area contributed by atoms with E-state index in [2.05, 4.69) is 9.73 Å². The number of carbonyl (C=O) groups excluding carboxylic acids is 2. The normalized spacial score (nSPS) is 26.3. The maximum Gasteiger partial charge on any atom is 0.429 e. The van der Waals surface area contributed by atoms with E-state index in [-0.39, 0.29) is 18.6 Å². The number of carbonyl (C=O) groups is 2. The molecule has 0 aromatic heterocycles. The molecule has 1 aliphatic carbocycles. The summed E-state index contributed by atoms with van der Waals surface area (Å²) >= 11 is 0. The fraction of sp³-hybridized carbons (Fsp3) is 0.667. The molecule has 0 N–H and O–H groups in total. The van der Waals surface area contributed by atoms with E-state index in [1.807, 2.05) is 0 Å². The summed E-state index contributed by atoms with van der Waals surface area (Å²) < 4.78 is 51.6. The van der Waals surface area contributed by atoms with E-state index in [4.69, 9.17) is 4.74 Å². The third-order valence-electron chi connectivity index (χ3n) is 3.95. The summed E-state index contributed by atoms with van der Waals surface area (Å²) in [5.41, 5.74) is -4.76. The van der Waals surface area contributed by atoms with Crippen molar-refractivity contribution in [2.45, 2.75) is 38.4 Å². The molecular formula is C15H19F3N2O4. The Kier molecular flexibility index (Phi) is 4.18. The Bertz CT molecular complexity index is 650. The Hall–Kier alpha value is -2.06. The van der Waals surface area contributed by atoms with Crippen LogP contribution in [-0.2, 0) is 19.1 Å². The number of esters is 1. The fourth-order valence-electron chi connectivity index (χ4n) is 2.89. The third-order valence-corrected chi connectivity index (χ3v) is 3.95. The number of Topliss-reactive ketones (excluding diaryl/α,β-unsaturated/α-hetero) is 1. The van der Waals surface area contributed by atoms with Crippen molar-refractivity contribution in [1.82, 2.24) is 4.90 Å². The summed E-state index contributed by atoms with van der Waals surface area (Å²) in [6.07, 6.45) is -5.21. The van der Waals surface area contributed by atoms with Gasteiger partial charge in [-0.1, -0.05) is 13.8 Å². The predicted molar refractivity (Wildman–Crippen MR) is 78.1 cm³/mol. The van der Waals surface area contributed by atoms with Gasteiger partial charge in [-0.3, -0.25) is 4.79 Å². The van der Waals surface area contributed by atoms with E-state index in [0.29, 0.717) is 0 Å². The number of allylic oxidation sites excluding steroid dienone is 1. The molecule has 24 heavy (non-hydrogen) atoms. The summed E-state index contributed by atoms with van der Waals surface area (Å²) in [4.78, 5) is 29.3. The molecule has 0 aromatic rings. The van der Waals surface area contributed by atoms with E-state index in [1.54, 1.807) is 13.8 Å². The number of aliphatic imine (C=N–C) groups is 1.